The molecule has 0 aliphatic carbocycles. The van der Waals surface area contributed by atoms with Gasteiger partial charge in [0.2, 0.25) is 0 Å². The normalized spacial score (nSPS) is 53.5. The van der Waals surface area contributed by atoms with Crippen LogP contribution in [0.5, 0.6) is 0 Å². The predicted molar refractivity (Wildman–Crippen MR) is 106 cm³/mol. The van der Waals surface area contributed by atoms with Crippen LogP contribution in [0, 0.1) is 0 Å². The second kappa shape index (κ2) is 11.4. The van der Waals surface area contributed by atoms with E-state index in [9.17, 15) is 56.2 Å². The van der Waals surface area contributed by atoms with E-state index in [4.69, 9.17) is 23.7 Å². The first-order valence-corrected chi connectivity index (χ1v) is 11.0. The molecule has 16 heteroatoms. The summed E-state index contributed by atoms with van der Waals surface area (Å²) in [7, 11) is 0. The third kappa shape index (κ3) is 5.48. The molecule has 35 heavy (non-hydrogen) atoms. The number of hydrogen-bond acceptors (Lipinski definition) is 16. The van der Waals surface area contributed by atoms with Gasteiger partial charge in [-0.1, -0.05) is 0 Å². The molecule has 0 aromatic rings. The van der Waals surface area contributed by atoms with Gasteiger partial charge in [0.15, 0.2) is 18.9 Å². The van der Waals surface area contributed by atoms with Crippen molar-refractivity contribution < 1.29 is 79.9 Å². The standard InChI is InChI=1S/C19H34O16/c1-19(30)15(28)8(23)5(2-20)33-18(19)35-14-7(4-22)32-17(12(27)10(14)25)34-13-6(3-21)31-16(29)11(26)9(13)24/h5-18,20-30H,2-4H2,1H3/t5-,6-,7-,8-,9-,10-,11-,12-,13-,14-,15+,16+,17?,18?,19-/m1/s1. The zero-order chi connectivity index (χ0) is 26.2. The molecule has 16 nitrogen and oxygen atoms in total. The maximum atomic E-state index is 10.7. The van der Waals surface area contributed by atoms with Crippen molar-refractivity contribution in [2.45, 2.75) is 98.5 Å². The van der Waals surface area contributed by atoms with Gasteiger partial charge in [0.05, 0.1) is 19.8 Å². The van der Waals surface area contributed by atoms with E-state index in [1.807, 2.05) is 0 Å². The molecule has 2 unspecified atom stereocenters. The molecule has 3 heterocycles. The zero-order valence-electron chi connectivity index (χ0n) is 18.7. The number of hydrogen-bond donors (Lipinski definition) is 11. The molecule has 0 bridgehead atoms. The smallest absolute Gasteiger partial charge is 0.189 e. The van der Waals surface area contributed by atoms with E-state index in [-0.39, 0.29) is 0 Å². The van der Waals surface area contributed by atoms with Gasteiger partial charge in [0.1, 0.15) is 72.7 Å². The molecule has 3 aliphatic heterocycles. The maximum absolute atomic E-state index is 10.7. The van der Waals surface area contributed by atoms with Gasteiger partial charge in [-0.2, -0.15) is 0 Å². The number of ether oxygens (including phenoxy) is 5. The van der Waals surface area contributed by atoms with Crippen LogP contribution in [0.15, 0.2) is 0 Å². The Morgan fingerprint density at radius 2 is 1.14 bits per heavy atom. The van der Waals surface area contributed by atoms with Gasteiger partial charge in [0, 0.05) is 0 Å². The summed E-state index contributed by atoms with van der Waals surface area (Å²) in [4.78, 5) is 0. The molecule has 0 spiro atoms. The third-order valence-corrected chi connectivity index (χ3v) is 6.49. The first kappa shape index (κ1) is 28.9. The summed E-state index contributed by atoms with van der Waals surface area (Å²) in [5.41, 5.74) is -2.25. The third-order valence-electron chi connectivity index (χ3n) is 6.49. The van der Waals surface area contributed by atoms with Crippen LogP contribution in [-0.4, -0.2) is 168 Å². The molecule has 206 valence electrons. The van der Waals surface area contributed by atoms with Crippen molar-refractivity contribution in [2.24, 2.45) is 0 Å². The van der Waals surface area contributed by atoms with Crippen molar-refractivity contribution in [3.63, 3.8) is 0 Å². The monoisotopic (exact) mass is 518 g/mol. The minimum absolute atomic E-state index is 0.752. The fourth-order valence-electron chi connectivity index (χ4n) is 4.25. The summed E-state index contributed by atoms with van der Waals surface area (Å²) in [5, 5.41) is 110. The van der Waals surface area contributed by atoms with Crippen LogP contribution in [0.25, 0.3) is 0 Å². The average molecular weight is 518 g/mol. The molecule has 3 fully saturated rings. The molecule has 0 amide bonds. The number of aliphatic hydroxyl groups is 11. The molecular weight excluding hydrogens is 484 g/mol. The van der Waals surface area contributed by atoms with E-state index in [1.165, 1.54) is 0 Å². The molecule has 3 saturated heterocycles. The largest absolute Gasteiger partial charge is 0.394 e. The van der Waals surface area contributed by atoms with E-state index >= 15 is 0 Å². The van der Waals surface area contributed by atoms with E-state index in [0.29, 0.717) is 0 Å². The van der Waals surface area contributed by atoms with Gasteiger partial charge in [0.25, 0.3) is 0 Å². The Morgan fingerprint density at radius 1 is 0.629 bits per heavy atom. The van der Waals surface area contributed by atoms with Gasteiger partial charge in [-0.05, 0) is 6.92 Å². The van der Waals surface area contributed by atoms with Gasteiger partial charge < -0.3 is 79.9 Å². The Hall–Kier alpha value is -0.640. The van der Waals surface area contributed by atoms with Gasteiger partial charge in [-0.15, -0.1) is 0 Å². The highest BCUT2D eigenvalue weighted by molar-refractivity contribution is 5.00. The molecule has 0 aromatic heterocycles. The van der Waals surface area contributed by atoms with Crippen LogP contribution in [0.3, 0.4) is 0 Å². The summed E-state index contributed by atoms with van der Waals surface area (Å²) < 4.78 is 26.7. The quantitative estimate of drug-likeness (QED) is 0.149. The lowest BCUT2D eigenvalue weighted by atomic mass is 9.88. The topological polar surface area (TPSA) is 269 Å². The summed E-state index contributed by atoms with van der Waals surface area (Å²) >= 11 is 0. The van der Waals surface area contributed by atoms with Crippen LogP contribution in [-0.2, 0) is 23.7 Å². The number of aliphatic hydroxyl groups excluding tert-OH is 10. The van der Waals surface area contributed by atoms with E-state index < -0.39 is 111 Å². The Kier molecular flexibility index (Phi) is 9.42. The Bertz CT molecular complexity index is 677. The predicted octanol–water partition coefficient (Wildman–Crippen LogP) is -7.18. The Labute approximate surface area is 199 Å². The van der Waals surface area contributed by atoms with Crippen LogP contribution < -0.4 is 0 Å². The molecule has 3 rings (SSSR count). The van der Waals surface area contributed by atoms with Gasteiger partial charge >= 0.3 is 0 Å². The summed E-state index contributed by atoms with van der Waals surface area (Å²) in [5.74, 6) is 0. The van der Waals surface area contributed by atoms with Crippen molar-refractivity contribution in [2.75, 3.05) is 19.8 Å². The lowest BCUT2D eigenvalue weighted by Gasteiger charge is -2.50. The van der Waals surface area contributed by atoms with E-state index in [0.717, 1.165) is 6.92 Å². The lowest BCUT2D eigenvalue weighted by Crippen LogP contribution is -2.69. The second-order valence-electron chi connectivity index (χ2n) is 8.99. The highest BCUT2D eigenvalue weighted by Crippen LogP contribution is 2.35. The fraction of sp³-hybridized carbons (Fsp3) is 1.00. The van der Waals surface area contributed by atoms with Crippen LogP contribution >= 0.6 is 0 Å². The van der Waals surface area contributed by atoms with E-state index in [2.05, 4.69) is 0 Å². The summed E-state index contributed by atoms with van der Waals surface area (Å²) in [6.45, 7) is -1.28. The van der Waals surface area contributed by atoms with Crippen molar-refractivity contribution in [3.8, 4) is 0 Å². The van der Waals surface area contributed by atoms with Crippen LogP contribution in [0.1, 0.15) is 6.92 Å². The molecule has 0 radical (unpaired) electrons. The summed E-state index contributed by atoms with van der Waals surface area (Å²) in [6, 6.07) is 0. The maximum Gasteiger partial charge on any atom is 0.189 e. The molecule has 0 aromatic carbocycles. The molecule has 0 saturated carbocycles. The first-order valence-electron chi connectivity index (χ1n) is 11.0. The molecule has 15 atom stereocenters. The molecular formula is C19H34O16. The van der Waals surface area contributed by atoms with Crippen molar-refractivity contribution in [3.05, 3.63) is 0 Å². The fourth-order valence-corrected chi connectivity index (χ4v) is 4.25. The lowest BCUT2D eigenvalue weighted by molar-refractivity contribution is -0.389. The van der Waals surface area contributed by atoms with Crippen molar-refractivity contribution >= 4 is 0 Å². The number of rotatable bonds is 7. The zero-order valence-corrected chi connectivity index (χ0v) is 18.7. The van der Waals surface area contributed by atoms with Crippen molar-refractivity contribution in [1.82, 2.24) is 0 Å². The van der Waals surface area contributed by atoms with Crippen molar-refractivity contribution in [1.29, 1.82) is 0 Å². The highest BCUT2D eigenvalue weighted by Gasteiger charge is 2.56. The average Bonchev–Trinajstić information content (AvgIpc) is 2.83. The van der Waals surface area contributed by atoms with Gasteiger partial charge in [-0.25, -0.2) is 0 Å². The van der Waals surface area contributed by atoms with Gasteiger partial charge in [-0.3, -0.25) is 0 Å². The first-order chi connectivity index (χ1) is 16.4. The minimum atomic E-state index is -2.25. The molecule has 3 aliphatic rings. The summed E-state index contributed by atoms with van der Waals surface area (Å²) in [6.07, 6.45) is -23.6. The van der Waals surface area contributed by atoms with Crippen LogP contribution in [0.2, 0.25) is 0 Å². The highest BCUT2D eigenvalue weighted by atomic mass is 16.8. The molecule has 11 N–H and O–H groups in total. The van der Waals surface area contributed by atoms with Crippen LogP contribution in [0.4, 0.5) is 0 Å². The minimum Gasteiger partial charge on any atom is -0.394 e. The Balaban J connectivity index is 1.75. The Morgan fingerprint density at radius 3 is 1.71 bits per heavy atom. The van der Waals surface area contributed by atoms with E-state index in [1.54, 1.807) is 0 Å². The second-order valence-corrected chi connectivity index (χ2v) is 8.99. The SMILES string of the molecule is C[C@]1(O)C(O[C@H]2[C@H](O)[C@@H](O)C(O[C@H]3[C@H](O)[C@@H](O)[C@@H](O)O[C@@H]3CO)O[C@@H]2CO)O[C@H](CO)[C@@H](O)[C@@H]1O.